The van der Waals surface area contributed by atoms with E-state index in [2.05, 4.69) is 22.2 Å². The van der Waals surface area contributed by atoms with Crippen LogP contribution in [0.1, 0.15) is 0 Å². The number of nitrogens with one attached hydrogen (secondary N) is 2. The fourth-order valence-electron chi connectivity index (χ4n) is 0.198. The largest absolute Gasteiger partial charge is 0.347 e. The molecule has 3 nitrogen and oxygen atoms in total. The van der Waals surface area contributed by atoms with E-state index < -0.39 is 0 Å². The third kappa shape index (κ3) is 0.289. The van der Waals surface area contributed by atoms with Crippen LogP contribution in [0.15, 0.2) is 5.10 Å². The molecule has 0 saturated heterocycles. The van der Waals surface area contributed by atoms with E-state index in [4.69, 9.17) is 0 Å². The molecule has 1 aliphatic heterocycles. The maximum absolute atomic E-state index is 3.47. The Morgan fingerprint density at radius 3 is 3.00 bits per heavy atom. The van der Waals surface area contributed by atoms with Gasteiger partial charge in [0.15, 0.2) is 6.34 Å². The fourth-order valence-corrected chi connectivity index (χ4v) is 0.198. The Morgan fingerprint density at radius 2 is 2.80 bits per heavy atom. The molecule has 1 heterocycles. The first-order valence-electron chi connectivity index (χ1n) is 1.40. The molecule has 1 radical (unpaired) electrons. The van der Waals surface area contributed by atoms with E-state index in [1.165, 1.54) is 0 Å². The number of hydrazone groups is 1. The van der Waals surface area contributed by atoms with Gasteiger partial charge in [-0.15, -0.1) is 0 Å². The molecule has 0 aromatic carbocycles. The van der Waals surface area contributed by atoms with Crippen molar-refractivity contribution in [1.29, 1.82) is 0 Å². The van der Waals surface area contributed by atoms with Gasteiger partial charge in [0.2, 0.25) is 0 Å². The van der Waals surface area contributed by atoms with Crippen molar-refractivity contribution in [2.45, 2.75) is 0 Å². The molecule has 0 aromatic heterocycles. The Hall–Kier alpha value is -0.730. The van der Waals surface area contributed by atoms with Crippen LogP contribution in [0, 0.1) is 0 Å². The molecule has 0 atom stereocenters. The van der Waals surface area contributed by atoms with Crippen LogP contribution >= 0.6 is 0 Å². The normalized spacial score (nSPS) is 17.6. The van der Waals surface area contributed by atoms with E-state index in [1.54, 1.807) is 0 Å². The van der Waals surface area contributed by atoms with Crippen molar-refractivity contribution in [3.05, 3.63) is 0 Å². The summed E-state index contributed by atoms with van der Waals surface area (Å²) in [6.07, 6.45) is 2.49. The number of hydrogen-bond donors (Lipinski definition) is 2. The van der Waals surface area contributed by atoms with E-state index >= 15 is 0 Å². The van der Waals surface area contributed by atoms with Gasteiger partial charge in [-0.1, -0.05) is 0 Å². The van der Waals surface area contributed by atoms with E-state index in [-0.39, 0.29) is 0 Å². The lowest BCUT2D eigenvalue weighted by molar-refractivity contribution is 0.773. The molecule has 5 heavy (non-hydrogen) atoms. The first-order chi connectivity index (χ1) is 2.50. The molecule has 0 bridgehead atoms. The Kier molecular flexibility index (Phi) is 0.463. The maximum Gasteiger partial charge on any atom is 0.192 e. The van der Waals surface area contributed by atoms with Crippen molar-refractivity contribution in [3.63, 3.8) is 0 Å². The van der Waals surface area contributed by atoms with Crippen LogP contribution in [-0.2, 0) is 0 Å². The molecule has 0 amide bonds. The van der Waals surface area contributed by atoms with E-state index in [0.29, 0.717) is 0 Å². The average Bonchev–Trinajstić information content (AvgIpc) is 1.76. The summed E-state index contributed by atoms with van der Waals surface area (Å²) in [5.41, 5.74) is 2.62. The second kappa shape index (κ2) is 0.924. The van der Waals surface area contributed by atoms with Crippen LogP contribution in [0.25, 0.3) is 0 Å². The Bertz CT molecular complexity index is 42.9. The zero-order valence-corrected chi connectivity index (χ0v) is 2.65. The number of nitrogens with zero attached hydrogens (tertiary/aromatic N) is 1. The minimum absolute atomic E-state index is 0.722. The summed E-state index contributed by atoms with van der Waals surface area (Å²) in [5, 5.41) is 6.17. The highest BCUT2D eigenvalue weighted by Crippen LogP contribution is 1.57. The molecule has 0 unspecified atom stereocenters. The van der Waals surface area contributed by atoms with Gasteiger partial charge in [-0.25, -0.2) is 0 Å². The van der Waals surface area contributed by atoms with Gasteiger partial charge in [0.1, 0.15) is 6.67 Å². The molecule has 1 rings (SSSR count). The van der Waals surface area contributed by atoms with Gasteiger partial charge in [-0.2, -0.15) is 5.10 Å². The minimum atomic E-state index is 0.722. The SMILES string of the molecule is [C]1=NNCN1. The molecule has 1 aliphatic rings. The standard InChI is InChI=1S/C2H4N3/c1-3-2-5-4-1/h4H,1H2,(H,3,5). The molecule has 2 N–H and O–H groups in total. The number of rotatable bonds is 0. The van der Waals surface area contributed by atoms with Crippen molar-refractivity contribution in [3.8, 4) is 0 Å². The zero-order chi connectivity index (χ0) is 3.54. The first-order valence-corrected chi connectivity index (χ1v) is 1.40. The second-order valence-corrected chi connectivity index (χ2v) is 0.735. The lowest BCUT2D eigenvalue weighted by atomic mass is 11.1. The van der Waals surface area contributed by atoms with Gasteiger partial charge in [-0.05, 0) is 0 Å². The van der Waals surface area contributed by atoms with Crippen LogP contribution < -0.4 is 10.7 Å². The summed E-state index contributed by atoms with van der Waals surface area (Å²) in [6.45, 7) is 0.722. The molecule has 0 aliphatic carbocycles. The third-order valence-electron chi connectivity index (χ3n) is 0.381. The van der Waals surface area contributed by atoms with Crippen molar-refractivity contribution in [2.75, 3.05) is 6.67 Å². The molecular weight excluding hydrogens is 66.0 g/mol. The summed E-state index contributed by atoms with van der Waals surface area (Å²) >= 11 is 0. The van der Waals surface area contributed by atoms with Gasteiger partial charge >= 0.3 is 0 Å². The van der Waals surface area contributed by atoms with Crippen LogP contribution in [0.4, 0.5) is 0 Å². The van der Waals surface area contributed by atoms with Crippen molar-refractivity contribution < 1.29 is 0 Å². The van der Waals surface area contributed by atoms with Gasteiger partial charge in [0.25, 0.3) is 0 Å². The van der Waals surface area contributed by atoms with E-state index in [0.717, 1.165) is 6.67 Å². The molecular formula is C2H4N3. The monoisotopic (exact) mass is 70.0 g/mol. The average molecular weight is 70.1 g/mol. The predicted octanol–water partition coefficient (Wildman–Crippen LogP) is -1.04. The maximum atomic E-state index is 3.47. The number of hydrogen-bond acceptors (Lipinski definition) is 3. The summed E-state index contributed by atoms with van der Waals surface area (Å²) in [7, 11) is 0. The lowest BCUT2D eigenvalue weighted by Crippen LogP contribution is -2.12. The Balaban J connectivity index is 2.32. The van der Waals surface area contributed by atoms with Crippen molar-refractivity contribution in [2.24, 2.45) is 5.10 Å². The Morgan fingerprint density at radius 1 is 1.80 bits per heavy atom. The second-order valence-electron chi connectivity index (χ2n) is 0.735. The topological polar surface area (TPSA) is 36.4 Å². The van der Waals surface area contributed by atoms with E-state index in [1.807, 2.05) is 0 Å². The van der Waals surface area contributed by atoms with Crippen LogP contribution in [-0.4, -0.2) is 13.0 Å². The van der Waals surface area contributed by atoms with E-state index in [9.17, 15) is 0 Å². The molecule has 0 aromatic rings. The van der Waals surface area contributed by atoms with Gasteiger partial charge in [-0.3, -0.25) is 5.43 Å². The van der Waals surface area contributed by atoms with Crippen molar-refractivity contribution in [1.82, 2.24) is 10.7 Å². The summed E-state index contributed by atoms with van der Waals surface area (Å²) in [5.74, 6) is 0. The molecule has 0 spiro atoms. The smallest absolute Gasteiger partial charge is 0.192 e. The summed E-state index contributed by atoms with van der Waals surface area (Å²) in [4.78, 5) is 0. The summed E-state index contributed by atoms with van der Waals surface area (Å²) < 4.78 is 0. The molecule has 3 heteroatoms. The van der Waals surface area contributed by atoms with Gasteiger partial charge in [0, 0.05) is 0 Å². The van der Waals surface area contributed by atoms with Crippen LogP contribution in [0.5, 0.6) is 0 Å². The fraction of sp³-hybridized carbons (Fsp3) is 0.500. The van der Waals surface area contributed by atoms with Gasteiger partial charge < -0.3 is 5.32 Å². The van der Waals surface area contributed by atoms with Crippen LogP contribution in [0.2, 0.25) is 0 Å². The highest BCUT2D eigenvalue weighted by molar-refractivity contribution is 5.55. The van der Waals surface area contributed by atoms with Crippen molar-refractivity contribution >= 4 is 6.34 Å². The minimum Gasteiger partial charge on any atom is -0.347 e. The lowest BCUT2D eigenvalue weighted by Gasteiger charge is -1.78. The molecule has 27 valence electrons. The predicted molar refractivity (Wildman–Crippen MR) is 18.6 cm³/mol. The quantitative estimate of drug-likeness (QED) is 0.382. The highest BCUT2D eigenvalue weighted by Gasteiger charge is 1.80. The first kappa shape index (κ1) is 2.50. The van der Waals surface area contributed by atoms with Gasteiger partial charge in [0.05, 0.1) is 0 Å². The Labute approximate surface area is 30.1 Å². The summed E-state index contributed by atoms with van der Waals surface area (Å²) in [6, 6.07) is 0. The third-order valence-corrected chi connectivity index (χ3v) is 0.381. The molecule has 0 saturated carbocycles. The highest BCUT2D eigenvalue weighted by atomic mass is 15.4. The molecule has 0 fully saturated rings. The van der Waals surface area contributed by atoms with Crippen LogP contribution in [0.3, 0.4) is 0 Å². The zero-order valence-electron chi connectivity index (χ0n) is 2.65.